The zero-order valence-electron chi connectivity index (χ0n) is 7.48. The van der Waals surface area contributed by atoms with Crippen molar-refractivity contribution in [1.29, 1.82) is 0 Å². The Balaban J connectivity index is 2.83. The van der Waals surface area contributed by atoms with Crippen LogP contribution < -0.4 is 0 Å². The molecule has 0 spiro atoms. The van der Waals surface area contributed by atoms with Gasteiger partial charge in [0.15, 0.2) is 0 Å². The summed E-state index contributed by atoms with van der Waals surface area (Å²) in [5, 5.41) is 3.26. The van der Waals surface area contributed by atoms with Gasteiger partial charge in [-0.05, 0) is 17.7 Å². The van der Waals surface area contributed by atoms with E-state index in [0.29, 0.717) is 5.69 Å². The molecule has 0 aliphatic heterocycles. The molecule has 1 heterocycles. The lowest BCUT2D eigenvalue weighted by Gasteiger charge is -2.09. The summed E-state index contributed by atoms with van der Waals surface area (Å²) in [5.41, 5.74) is 8.34. The smallest absolute Gasteiger partial charge is 0.261 e. The van der Waals surface area contributed by atoms with E-state index in [1.54, 1.807) is 0 Å². The minimum absolute atomic E-state index is 0.0755. The zero-order valence-corrected chi connectivity index (χ0v) is 7.48. The summed E-state index contributed by atoms with van der Waals surface area (Å²) >= 11 is 0. The number of hydrogen-bond acceptors (Lipinski definition) is 2. The predicted molar refractivity (Wildman–Crippen MR) is 46.7 cm³/mol. The lowest BCUT2D eigenvalue weighted by atomic mass is 10.1. The van der Waals surface area contributed by atoms with Crippen LogP contribution in [-0.2, 0) is 12.5 Å². The van der Waals surface area contributed by atoms with Crippen LogP contribution >= 0.6 is 0 Å². The van der Waals surface area contributed by atoms with Gasteiger partial charge in [-0.25, -0.2) is 8.78 Å². The maximum absolute atomic E-state index is 12.7. The Kier molecular flexibility index (Phi) is 2.99. The van der Waals surface area contributed by atoms with Gasteiger partial charge in [-0.1, -0.05) is 5.11 Å². The Morgan fingerprint density at radius 1 is 1.57 bits per heavy atom. The van der Waals surface area contributed by atoms with E-state index in [1.165, 1.54) is 12.1 Å². The van der Waals surface area contributed by atoms with Crippen molar-refractivity contribution in [1.82, 2.24) is 4.98 Å². The minimum atomic E-state index is -2.88. The molecule has 0 atom stereocenters. The first-order chi connectivity index (χ1) is 6.54. The van der Waals surface area contributed by atoms with E-state index in [2.05, 4.69) is 15.0 Å². The van der Waals surface area contributed by atoms with Gasteiger partial charge in [-0.15, -0.1) is 0 Å². The molecule has 0 aromatic carbocycles. The summed E-state index contributed by atoms with van der Waals surface area (Å²) in [6.07, 6.45) is 1.09. The van der Waals surface area contributed by atoms with E-state index >= 15 is 0 Å². The average molecular weight is 198 g/mol. The number of azide groups is 1. The summed E-state index contributed by atoms with van der Waals surface area (Å²) < 4.78 is 25.4. The normalized spacial score (nSPS) is 10.8. The predicted octanol–water partition coefficient (Wildman–Crippen LogP) is 3.00. The van der Waals surface area contributed by atoms with Crippen molar-refractivity contribution >= 4 is 0 Å². The highest BCUT2D eigenvalue weighted by Gasteiger charge is 2.24. The molecule has 0 saturated carbocycles. The molecular formula is C8H8F2N4. The van der Waals surface area contributed by atoms with E-state index < -0.39 is 5.92 Å². The molecular weight excluding hydrogens is 190 g/mol. The van der Waals surface area contributed by atoms with Crippen LogP contribution in [0.1, 0.15) is 18.2 Å². The molecule has 0 saturated heterocycles. The fourth-order valence-electron chi connectivity index (χ4n) is 0.882. The van der Waals surface area contributed by atoms with E-state index in [9.17, 15) is 8.78 Å². The van der Waals surface area contributed by atoms with Crippen molar-refractivity contribution in [2.24, 2.45) is 5.11 Å². The largest absolute Gasteiger partial charge is 0.272 e. The van der Waals surface area contributed by atoms with Crippen LogP contribution in [0.3, 0.4) is 0 Å². The standard InChI is InChI=1S/C8H8F2N4/c1-8(9,10)6-2-3-7(12-4-6)5-13-14-11/h2-4H,5H2,1H3. The average Bonchev–Trinajstić information content (AvgIpc) is 2.14. The molecule has 0 fully saturated rings. The number of rotatable bonds is 3. The molecule has 1 aromatic rings. The molecule has 0 N–H and O–H groups in total. The van der Waals surface area contributed by atoms with Gasteiger partial charge in [0.05, 0.1) is 6.54 Å². The summed E-state index contributed by atoms with van der Waals surface area (Å²) in [6, 6.07) is 2.69. The molecule has 1 rings (SSSR count). The topological polar surface area (TPSA) is 61.7 Å². The fourth-order valence-corrected chi connectivity index (χ4v) is 0.882. The molecule has 6 heteroatoms. The van der Waals surface area contributed by atoms with Crippen LogP contribution in [0, 0.1) is 0 Å². The molecule has 0 aliphatic rings. The Morgan fingerprint density at radius 3 is 2.71 bits per heavy atom. The quantitative estimate of drug-likeness (QED) is 0.418. The van der Waals surface area contributed by atoms with Crippen LogP contribution in [0.25, 0.3) is 10.4 Å². The van der Waals surface area contributed by atoms with Gasteiger partial charge < -0.3 is 0 Å². The van der Waals surface area contributed by atoms with Gasteiger partial charge in [0.25, 0.3) is 5.92 Å². The lowest BCUT2D eigenvalue weighted by Crippen LogP contribution is -2.07. The number of nitrogens with zero attached hydrogens (tertiary/aromatic N) is 4. The van der Waals surface area contributed by atoms with Crippen LogP contribution in [0.2, 0.25) is 0 Å². The molecule has 0 unspecified atom stereocenters. The maximum Gasteiger partial charge on any atom is 0.272 e. The highest BCUT2D eigenvalue weighted by molar-refractivity contribution is 5.18. The van der Waals surface area contributed by atoms with Gasteiger partial charge in [-0.2, -0.15) is 0 Å². The SMILES string of the molecule is CC(F)(F)c1ccc(CN=[N+]=[N-])nc1. The number of pyridine rings is 1. The van der Waals surface area contributed by atoms with Crippen molar-refractivity contribution in [3.63, 3.8) is 0 Å². The summed E-state index contributed by atoms with van der Waals surface area (Å²) in [4.78, 5) is 6.28. The van der Waals surface area contributed by atoms with Crippen LogP contribution in [0.4, 0.5) is 8.78 Å². The summed E-state index contributed by atoms with van der Waals surface area (Å²) in [7, 11) is 0. The first-order valence-corrected chi connectivity index (χ1v) is 3.88. The van der Waals surface area contributed by atoms with Crippen LogP contribution in [0.5, 0.6) is 0 Å². The van der Waals surface area contributed by atoms with Crippen molar-refractivity contribution in [3.8, 4) is 0 Å². The number of halogens is 2. The molecule has 1 aromatic heterocycles. The summed E-state index contributed by atoms with van der Waals surface area (Å²) in [5.74, 6) is -2.88. The second-order valence-corrected chi connectivity index (χ2v) is 2.82. The molecule has 0 aliphatic carbocycles. The van der Waals surface area contributed by atoms with Gasteiger partial charge in [-0.3, -0.25) is 4.98 Å². The molecule has 0 bridgehead atoms. The van der Waals surface area contributed by atoms with Crippen LogP contribution in [0.15, 0.2) is 23.4 Å². The third-order valence-corrected chi connectivity index (χ3v) is 1.63. The Morgan fingerprint density at radius 2 is 2.29 bits per heavy atom. The Labute approximate surface area is 79.2 Å². The third kappa shape index (κ3) is 2.67. The van der Waals surface area contributed by atoms with E-state index in [4.69, 9.17) is 5.53 Å². The zero-order chi connectivity index (χ0) is 10.6. The highest BCUT2D eigenvalue weighted by Crippen LogP contribution is 2.25. The number of aromatic nitrogens is 1. The van der Waals surface area contributed by atoms with Crippen LogP contribution in [-0.4, -0.2) is 4.98 Å². The summed E-state index contributed by atoms with van der Waals surface area (Å²) in [6.45, 7) is 0.878. The molecule has 4 nitrogen and oxygen atoms in total. The first kappa shape index (κ1) is 10.4. The second-order valence-electron chi connectivity index (χ2n) is 2.82. The highest BCUT2D eigenvalue weighted by atomic mass is 19.3. The van der Waals surface area contributed by atoms with E-state index in [0.717, 1.165) is 13.1 Å². The second kappa shape index (κ2) is 4.02. The van der Waals surface area contributed by atoms with Gasteiger partial charge in [0.1, 0.15) is 0 Å². The number of alkyl halides is 2. The van der Waals surface area contributed by atoms with Gasteiger partial charge in [0.2, 0.25) is 0 Å². The van der Waals surface area contributed by atoms with Crippen molar-refractivity contribution < 1.29 is 8.78 Å². The monoisotopic (exact) mass is 198 g/mol. The van der Waals surface area contributed by atoms with Crippen molar-refractivity contribution in [2.45, 2.75) is 19.4 Å². The van der Waals surface area contributed by atoms with Crippen molar-refractivity contribution in [2.75, 3.05) is 0 Å². The molecule has 14 heavy (non-hydrogen) atoms. The maximum atomic E-state index is 12.7. The Bertz CT molecular complexity index is 349. The molecule has 74 valence electrons. The Hall–Kier alpha value is -1.68. The van der Waals surface area contributed by atoms with Gasteiger partial charge in [0, 0.05) is 29.3 Å². The van der Waals surface area contributed by atoms with E-state index in [-0.39, 0.29) is 12.1 Å². The third-order valence-electron chi connectivity index (χ3n) is 1.63. The molecule has 0 amide bonds. The first-order valence-electron chi connectivity index (χ1n) is 3.88. The van der Waals surface area contributed by atoms with Gasteiger partial charge >= 0.3 is 0 Å². The van der Waals surface area contributed by atoms with E-state index in [1.807, 2.05) is 0 Å². The minimum Gasteiger partial charge on any atom is -0.261 e. The van der Waals surface area contributed by atoms with Crippen molar-refractivity contribution in [3.05, 3.63) is 40.0 Å². The number of hydrogen-bond donors (Lipinski definition) is 0. The molecule has 0 radical (unpaired) electrons. The lowest BCUT2D eigenvalue weighted by molar-refractivity contribution is 0.0171. The fraction of sp³-hybridized carbons (Fsp3) is 0.375.